The minimum atomic E-state index is -5.08. The van der Waals surface area contributed by atoms with Crippen LogP contribution in [0, 0.1) is 0 Å². The molecule has 8 nitrogen and oxygen atoms in total. The number of carbonyl (C=O) groups excluding carboxylic acids is 1. The molecule has 0 fully saturated rings. The molecule has 0 unspecified atom stereocenters. The monoisotopic (exact) mass is 465 g/mol. The molecule has 0 bridgehead atoms. The van der Waals surface area contributed by atoms with Crippen molar-refractivity contribution in [3.63, 3.8) is 0 Å². The number of carboxylic acid groups (broad SMARTS) is 2. The van der Waals surface area contributed by atoms with Crippen LogP contribution in [-0.2, 0) is 16.1 Å². The lowest BCUT2D eigenvalue weighted by atomic mass is 10.0. The normalized spacial score (nSPS) is 13.9. The van der Waals surface area contributed by atoms with E-state index in [1.54, 1.807) is 18.2 Å². The van der Waals surface area contributed by atoms with Crippen molar-refractivity contribution in [2.45, 2.75) is 25.7 Å². The number of rotatable bonds is 3. The predicted octanol–water partition coefficient (Wildman–Crippen LogP) is 3.51. The minimum absolute atomic E-state index is 0.0531. The SMILES string of the molecule is C[C@H](C(=O)O)N1Cc2ccc(-c3nc(Cl)ncc3Cl)cc2C1=O.O=C(O)C(F)(F)F. The van der Waals surface area contributed by atoms with E-state index in [4.69, 9.17) is 38.2 Å². The number of amides is 1. The Balaban J connectivity index is 0.000000396. The molecule has 1 aliphatic heterocycles. The summed E-state index contributed by atoms with van der Waals surface area (Å²) in [6.45, 7) is 1.74. The number of aromatic nitrogens is 2. The van der Waals surface area contributed by atoms with Crippen molar-refractivity contribution < 1.29 is 37.8 Å². The molecule has 0 spiro atoms. The summed E-state index contributed by atoms with van der Waals surface area (Å²) >= 11 is 11.9. The van der Waals surface area contributed by atoms with Crippen LogP contribution in [0.15, 0.2) is 24.4 Å². The Kier molecular flexibility index (Phi) is 6.88. The number of hydrogen-bond acceptors (Lipinski definition) is 5. The average Bonchev–Trinajstić information content (AvgIpc) is 2.98. The maximum Gasteiger partial charge on any atom is 0.490 e. The lowest BCUT2D eigenvalue weighted by molar-refractivity contribution is -0.192. The van der Waals surface area contributed by atoms with Crippen LogP contribution in [0.3, 0.4) is 0 Å². The summed E-state index contributed by atoms with van der Waals surface area (Å²) in [5, 5.41) is 16.6. The summed E-state index contributed by atoms with van der Waals surface area (Å²) in [5.74, 6) is -4.13. The van der Waals surface area contributed by atoms with Gasteiger partial charge in [-0.25, -0.2) is 19.6 Å². The van der Waals surface area contributed by atoms with Gasteiger partial charge in [-0.3, -0.25) is 4.79 Å². The van der Waals surface area contributed by atoms with Gasteiger partial charge in [0.2, 0.25) is 5.28 Å². The van der Waals surface area contributed by atoms with Crippen LogP contribution in [0.2, 0.25) is 10.3 Å². The van der Waals surface area contributed by atoms with E-state index in [2.05, 4.69) is 9.97 Å². The van der Waals surface area contributed by atoms with Crippen LogP contribution >= 0.6 is 23.2 Å². The highest BCUT2D eigenvalue weighted by Gasteiger charge is 2.38. The van der Waals surface area contributed by atoms with Crippen molar-refractivity contribution in [3.8, 4) is 11.3 Å². The van der Waals surface area contributed by atoms with Gasteiger partial charge in [-0.1, -0.05) is 23.7 Å². The first-order chi connectivity index (χ1) is 13.8. The number of alkyl halides is 3. The summed E-state index contributed by atoms with van der Waals surface area (Å²) in [5.41, 5.74) is 2.26. The molecule has 0 radical (unpaired) electrons. The number of hydrogen-bond donors (Lipinski definition) is 2. The lowest BCUT2D eigenvalue weighted by Gasteiger charge is -2.19. The zero-order chi connectivity index (χ0) is 22.8. The first kappa shape index (κ1) is 23.4. The second-order valence-electron chi connectivity index (χ2n) is 5.96. The quantitative estimate of drug-likeness (QED) is 0.665. The van der Waals surface area contributed by atoms with E-state index >= 15 is 0 Å². The Morgan fingerprint density at radius 3 is 2.37 bits per heavy atom. The number of aliphatic carboxylic acids is 2. The van der Waals surface area contributed by atoms with E-state index in [1.807, 2.05) is 0 Å². The van der Waals surface area contributed by atoms with Crippen molar-refractivity contribution in [1.82, 2.24) is 14.9 Å². The molecular weight excluding hydrogens is 454 g/mol. The molecule has 2 aromatic rings. The zero-order valence-electron chi connectivity index (χ0n) is 14.9. The third kappa shape index (κ3) is 5.16. The maximum absolute atomic E-state index is 12.4. The predicted molar refractivity (Wildman–Crippen MR) is 98.2 cm³/mol. The van der Waals surface area contributed by atoms with E-state index in [9.17, 15) is 22.8 Å². The van der Waals surface area contributed by atoms with Gasteiger partial charge in [0.05, 0.1) is 16.9 Å². The van der Waals surface area contributed by atoms with Gasteiger partial charge in [0, 0.05) is 17.7 Å². The highest BCUT2D eigenvalue weighted by atomic mass is 35.5. The molecule has 0 saturated carbocycles. The van der Waals surface area contributed by atoms with Gasteiger partial charge in [0.25, 0.3) is 5.91 Å². The molecule has 1 aromatic heterocycles. The first-order valence-electron chi connectivity index (χ1n) is 7.98. The Morgan fingerprint density at radius 2 is 1.83 bits per heavy atom. The number of carbonyl (C=O) groups is 3. The molecule has 0 saturated heterocycles. The summed E-state index contributed by atoms with van der Waals surface area (Å²) in [4.78, 5) is 41.6. The standard InChI is InChI=1S/C15H11Cl2N3O3.C2HF3O2/c1-7(14(22)23)20-6-9-3-2-8(4-10(9)13(20)21)12-11(16)5-18-15(17)19-12;3-2(4,5)1(6)7/h2-5,7H,6H2,1H3,(H,22,23);(H,6,7)/t7-;/m1./s1. The molecule has 1 aliphatic rings. The smallest absolute Gasteiger partial charge is 0.480 e. The van der Waals surface area contributed by atoms with Gasteiger partial charge in [-0.05, 0) is 30.2 Å². The topological polar surface area (TPSA) is 121 Å². The molecule has 3 rings (SSSR count). The number of halogens is 5. The van der Waals surface area contributed by atoms with Crippen molar-refractivity contribution >= 4 is 41.0 Å². The third-order valence-electron chi connectivity index (χ3n) is 4.00. The number of benzene rings is 1. The van der Waals surface area contributed by atoms with Crippen LogP contribution in [-0.4, -0.2) is 55.1 Å². The van der Waals surface area contributed by atoms with E-state index < -0.39 is 24.2 Å². The maximum atomic E-state index is 12.4. The summed E-state index contributed by atoms with van der Waals surface area (Å²) in [7, 11) is 0. The summed E-state index contributed by atoms with van der Waals surface area (Å²) in [6, 6.07) is 4.29. The second-order valence-corrected chi connectivity index (χ2v) is 6.70. The summed E-state index contributed by atoms with van der Waals surface area (Å²) < 4.78 is 31.7. The average molecular weight is 466 g/mol. The van der Waals surface area contributed by atoms with Crippen molar-refractivity contribution in [2.75, 3.05) is 0 Å². The van der Waals surface area contributed by atoms with Crippen LogP contribution in [0.25, 0.3) is 11.3 Å². The molecule has 1 amide bonds. The van der Waals surface area contributed by atoms with Crippen LogP contribution in [0.4, 0.5) is 13.2 Å². The second kappa shape index (κ2) is 8.84. The number of nitrogens with zero attached hydrogens (tertiary/aromatic N) is 3. The highest BCUT2D eigenvalue weighted by molar-refractivity contribution is 6.33. The molecule has 2 heterocycles. The number of carboxylic acids is 2. The molecule has 30 heavy (non-hydrogen) atoms. The molecule has 2 N–H and O–H groups in total. The Labute approximate surface area is 176 Å². The van der Waals surface area contributed by atoms with Crippen LogP contribution in [0.1, 0.15) is 22.8 Å². The van der Waals surface area contributed by atoms with Crippen LogP contribution in [0.5, 0.6) is 0 Å². The molecule has 1 atom stereocenters. The van der Waals surface area contributed by atoms with Gasteiger partial charge in [-0.2, -0.15) is 13.2 Å². The Hall–Kier alpha value is -2.92. The van der Waals surface area contributed by atoms with E-state index in [-0.39, 0.29) is 17.7 Å². The number of fused-ring (bicyclic) bond motifs is 1. The lowest BCUT2D eigenvalue weighted by Crippen LogP contribution is -2.38. The first-order valence-corrected chi connectivity index (χ1v) is 8.73. The van der Waals surface area contributed by atoms with Gasteiger partial charge >= 0.3 is 18.1 Å². The fraction of sp³-hybridized carbons (Fsp3) is 0.235. The zero-order valence-corrected chi connectivity index (χ0v) is 16.5. The van der Waals surface area contributed by atoms with Gasteiger partial charge in [0.1, 0.15) is 6.04 Å². The molecule has 1 aromatic carbocycles. The molecule has 13 heteroatoms. The van der Waals surface area contributed by atoms with Crippen molar-refractivity contribution in [1.29, 1.82) is 0 Å². The highest BCUT2D eigenvalue weighted by Crippen LogP contribution is 2.32. The fourth-order valence-corrected chi connectivity index (χ4v) is 2.80. The van der Waals surface area contributed by atoms with Crippen LogP contribution < -0.4 is 0 Å². The van der Waals surface area contributed by atoms with Crippen molar-refractivity contribution in [2.24, 2.45) is 0 Å². The fourth-order valence-electron chi connectivity index (χ4n) is 2.46. The van der Waals surface area contributed by atoms with E-state index in [1.165, 1.54) is 18.0 Å². The van der Waals surface area contributed by atoms with Gasteiger partial charge in [0.15, 0.2) is 0 Å². The summed E-state index contributed by atoms with van der Waals surface area (Å²) in [6.07, 6.45) is -3.69. The van der Waals surface area contributed by atoms with Crippen molar-refractivity contribution in [3.05, 3.63) is 45.8 Å². The molecular formula is C17H12Cl2F3N3O5. The van der Waals surface area contributed by atoms with E-state index in [0.29, 0.717) is 21.8 Å². The Bertz CT molecular complexity index is 1020. The third-order valence-corrected chi connectivity index (χ3v) is 4.46. The molecule has 160 valence electrons. The van der Waals surface area contributed by atoms with E-state index in [0.717, 1.165) is 5.56 Å². The minimum Gasteiger partial charge on any atom is -0.480 e. The van der Waals surface area contributed by atoms with Gasteiger partial charge in [-0.15, -0.1) is 0 Å². The largest absolute Gasteiger partial charge is 0.490 e. The molecule has 0 aliphatic carbocycles. The Morgan fingerprint density at radius 1 is 1.23 bits per heavy atom. The van der Waals surface area contributed by atoms with Gasteiger partial charge < -0.3 is 15.1 Å².